The Labute approximate surface area is 194 Å². The summed E-state index contributed by atoms with van der Waals surface area (Å²) < 4.78 is 24.4. The van der Waals surface area contributed by atoms with Gasteiger partial charge < -0.3 is 31.4 Å². The topological polar surface area (TPSA) is 57.9 Å². The lowest BCUT2D eigenvalue weighted by atomic mass is 9.88. The van der Waals surface area contributed by atoms with Crippen LogP contribution < -0.4 is 35.9 Å². The first kappa shape index (κ1) is 23.7. The van der Waals surface area contributed by atoms with E-state index in [4.69, 9.17) is 18.9 Å². The number of halogens is 1. The van der Waals surface area contributed by atoms with Gasteiger partial charge in [0.25, 0.3) is 0 Å². The summed E-state index contributed by atoms with van der Waals surface area (Å²) >= 11 is 0. The van der Waals surface area contributed by atoms with Crippen LogP contribution in [0.15, 0.2) is 30.5 Å². The van der Waals surface area contributed by atoms with Crippen LogP contribution in [0.2, 0.25) is 0 Å². The molecule has 3 aromatic rings. The van der Waals surface area contributed by atoms with Crippen LogP contribution in [0.4, 0.5) is 0 Å². The number of fused-ring (bicyclic) bond motifs is 4. The molecule has 0 saturated carbocycles. The van der Waals surface area contributed by atoms with Gasteiger partial charge in [-0.05, 0) is 36.2 Å². The zero-order chi connectivity index (χ0) is 22.1. The molecule has 0 fully saturated rings. The van der Waals surface area contributed by atoms with Gasteiger partial charge in [-0.3, -0.25) is 4.79 Å². The Kier molecular flexibility index (Phi) is 7.14. The molecule has 0 unspecified atom stereocenters. The molecule has 0 amide bonds. The van der Waals surface area contributed by atoms with Gasteiger partial charge in [0, 0.05) is 18.2 Å². The SMILES string of the molecule is CCCC(=O)c1c2[n+](cc3c(OC)c(OC)ccc13)CCc1cc(OC)c(OC)cc1-2.[Cl-]. The number of hydrogen-bond donors (Lipinski definition) is 0. The Morgan fingerprint density at radius 1 is 0.938 bits per heavy atom. The van der Waals surface area contributed by atoms with Crippen LogP contribution >= 0.6 is 0 Å². The van der Waals surface area contributed by atoms with Gasteiger partial charge in [0.1, 0.15) is 0 Å². The third-order valence-corrected chi connectivity index (χ3v) is 5.90. The van der Waals surface area contributed by atoms with Crippen LogP contribution in [0.3, 0.4) is 0 Å². The summed E-state index contributed by atoms with van der Waals surface area (Å²) in [6, 6.07) is 7.81. The van der Waals surface area contributed by atoms with Crippen LogP contribution in [0.25, 0.3) is 22.0 Å². The first-order chi connectivity index (χ1) is 15.1. The summed E-state index contributed by atoms with van der Waals surface area (Å²) in [7, 11) is 6.51. The minimum Gasteiger partial charge on any atom is -1.00 e. The second-order valence-corrected chi connectivity index (χ2v) is 7.60. The Hall–Kier alpha value is -2.99. The maximum atomic E-state index is 13.4. The van der Waals surface area contributed by atoms with E-state index in [0.29, 0.717) is 35.0 Å². The molecular weight excluding hydrogens is 430 g/mol. The molecule has 0 atom stereocenters. The third-order valence-electron chi connectivity index (χ3n) is 5.90. The number of nitrogens with zero attached hydrogens (tertiary/aromatic N) is 1. The molecule has 2 heterocycles. The molecule has 0 bridgehead atoms. The van der Waals surface area contributed by atoms with Gasteiger partial charge in [0.2, 0.25) is 5.69 Å². The molecule has 4 rings (SSSR count). The highest BCUT2D eigenvalue weighted by Crippen LogP contribution is 2.42. The number of hydrogen-bond acceptors (Lipinski definition) is 5. The van der Waals surface area contributed by atoms with Crippen LogP contribution in [-0.4, -0.2) is 34.2 Å². The van der Waals surface area contributed by atoms with E-state index < -0.39 is 0 Å². The molecule has 0 radical (unpaired) electrons. The monoisotopic (exact) mass is 457 g/mol. The first-order valence-corrected chi connectivity index (χ1v) is 10.5. The van der Waals surface area contributed by atoms with E-state index in [-0.39, 0.29) is 18.2 Å². The highest BCUT2D eigenvalue weighted by molar-refractivity contribution is 6.13. The number of pyridine rings is 1. The summed E-state index contributed by atoms with van der Waals surface area (Å²) in [5, 5.41) is 1.74. The van der Waals surface area contributed by atoms with Gasteiger partial charge in [0.05, 0.1) is 45.0 Å². The average Bonchev–Trinajstić information content (AvgIpc) is 2.80. The molecule has 0 saturated heterocycles. The number of rotatable bonds is 7. The van der Waals surface area contributed by atoms with Crippen molar-refractivity contribution in [3.8, 4) is 34.3 Å². The predicted molar refractivity (Wildman–Crippen MR) is 119 cm³/mol. The number of ether oxygens (including phenoxy) is 4. The predicted octanol–water partition coefficient (Wildman–Crippen LogP) is 1.37. The Morgan fingerprint density at radius 2 is 1.62 bits per heavy atom. The number of Topliss-reactive ketones (excluding diaryl/α,β-unsaturated/α-hetero) is 1. The zero-order valence-corrected chi connectivity index (χ0v) is 19.8. The van der Waals surface area contributed by atoms with Crippen LogP contribution in [-0.2, 0) is 13.0 Å². The second kappa shape index (κ2) is 9.65. The van der Waals surface area contributed by atoms with Gasteiger partial charge in [-0.15, -0.1) is 0 Å². The molecule has 2 aromatic carbocycles. The number of carbonyl (C=O) groups is 1. The molecule has 170 valence electrons. The van der Waals surface area contributed by atoms with E-state index in [1.54, 1.807) is 28.4 Å². The summed E-state index contributed by atoms with van der Waals surface area (Å²) in [6.45, 7) is 2.77. The average molecular weight is 458 g/mol. The summed E-state index contributed by atoms with van der Waals surface area (Å²) in [5.74, 6) is 2.75. The van der Waals surface area contributed by atoms with Crippen molar-refractivity contribution in [3.63, 3.8) is 0 Å². The van der Waals surface area contributed by atoms with Gasteiger partial charge in [0.15, 0.2) is 41.5 Å². The van der Waals surface area contributed by atoms with Crippen molar-refractivity contribution in [2.24, 2.45) is 0 Å². The highest BCUT2D eigenvalue weighted by atomic mass is 35.5. The molecule has 32 heavy (non-hydrogen) atoms. The molecule has 1 aromatic heterocycles. The number of aryl methyl sites for hydroxylation is 2. The van der Waals surface area contributed by atoms with E-state index in [1.165, 1.54) is 0 Å². The van der Waals surface area contributed by atoms with Crippen molar-refractivity contribution in [1.82, 2.24) is 0 Å². The smallest absolute Gasteiger partial charge is 0.224 e. The van der Waals surface area contributed by atoms with Gasteiger partial charge in [-0.1, -0.05) is 6.92 Å². The summed E-state index contributed by atoms with van der Waals surface area (Å²) in [6.07, 6.45) is 4.14. The minimum atomic E-state index is 0. The first-order valence-electron chi connectivity index (χ1n) is 10.5. The largest absolute Gasteiger partial charge is 1.00 e. The molecule has 7 heteroatoms. The molecule has 0 spiro atoms. The molecular formula is C25H28ClNO5. The van der Waals surface area contributed by atoms with Crippen LogP contribution in [0.1, 0.15) is 35.7 Å². The maximum Gasteiger partial charge on any atom is 0.224 e. The fraction of sp³-hybridized carbons (Fsp3) is 0.360. The van der Waals surface area contributed by atoms with Crippen molar-refractivity contribution < 1.29 is 40.7 Å². The second-order valence-electron chi connectivity index (χ2n) is 7.60. The van der Waals surface area contributed by atoms with Crippen LogP contribution in [0.5, 0.6) is 23.0 Å². The van der Waals surface area contributed by atoms with Crippen molar-refractivity contribution in [2.75, 3.05) is 28.4 Å². The molecule has 0 N–H and O–H groups in total. The number of ketones is 1. The standard InChI is InChI=1S/C25H28NO5.ClH/c1-6-7-19(27)23-16-8-9-20(28-2)25(31-5)18(16)14-26-11-10-15-12-21(29-3)22(30-4)13-17(15)24(23)26;/h8-9,12-14H,6-7,10-11H2,1-5H3;1H/q+1;/p-1. The van der Waals surface area contributed by atoms with E-state index in [9.17, 15) is 4.79 Å². The number of methoxy groups -OCH3 is 4. The summed E-state index contributed by atoms with van der Waals surface area (Å²) in [5.41, 5.74) is 3.77. The van der Waals surface area contributed by atoms with E-state index in [0.717, 1.165) is 47.0 Å². The molecule has 1 aliphatic heterocycles. The normalized spacial score (nSPS) is 11.8. The Balaban J connectivity index is 0.00000289. The minimum absolute atomic E-state index is 0. The molecule has 6 nitrogen and oxygen atoms in total. The summed E-state index contributed by atoms with van der Waals surface area (Å²) in [4.78, 5) is 13.4. The lowest BCUT2D eigenvalue weighted by Crippen LogP contribution is -3.00. The van der Waals surface area contributed by atoms with E-state index in [1.807, 2.05) is 31.2 Å². The molecule has 0 aliphatic carbocycles. The van der Waals surface area contributed by atoms with Gasteiger partial charge >= 0.3 is 0 Å². The van der Waals surface area contributed by atoms with Crippen molar-refractivity contribution in [3.05, 3.63) is 41.6 Å². The fourth-order valence-corrected chi connectivity index (χ4v) is 4.48. The maximum absolute atomic E-state index is 13.4. The lowest BCUT2D eigenvalue weighted by Gasteiger charge is -2.21. The van der Waals surface area contributed by atoms with Crippen molar-refractivity contribution in [1.29, 1.82) is 0 Å². The Bertz CT molecular complexity index is 1180. The van der Waals surface area contributed by atoms with Crippen molar-refractivity contribution >= 4 is 16.6 Å². The number of aromatic nitrogens is 1. The Morgan fingerprint density at radius 3 is 2.25 bits per heavy atom. The number of benzene rings is 2. The van der Waals surface area contributed by atoms with Gasteiger partial charge in [-0.2, -0.15) is 4.57 Å². The fourth-order valence-electron chi connectivity index (χ4n) is 4.48. The third kappa shape index (κ3) is 3.73. The zero-order valence-electron chi connectivity index (χ0n) is 19.1. The van der Waals surface area contributed by atoms with Crippen molar-refractivity contribution in [2.45, 2.75) is 32.7 Å². The van der Waals surface area contributed by atoms with E-state index in [2.05, 4.69) is 10.8 Å². The molecule has 1 aliphatic rings. The van der Waals surface area contributed by atoms with Gasteiger partial charge in [-0.25, -0.2) is 0 Å². The number of carbonyl (C=O) groups excluding carboxylic acids is 1. The lowest BCUT2D eigenvalue weighted by molar-refractivity contribution is -0.686. The highest BCUT2D eigenvalue weighted by Gasteiger charge is 2.33. The van der Waals surface area contributed by atoms with E-state index >= 15 is 0 Å². The quantitative estimate of drug-likeness (QED) is 0.396. The van der Waals surface area contributed by atoms with Crippen LogP contribution in [0, 0.1) is 0 Å².